The first-order valence-corrected chi connectivity index (χ1v) is 10.6. The van der Waals surface area contributed by atoms with E-state index >= 15 is 0 Å². The van der Waals surface area contributed by atoms with Crippen LogP contribution in [-0.4, -0.2) is 40.2 Å². The molecular weight excluding hydrogens is 438 g/mol. The van der Waals surface area contributed by atoms with Crippen LogP contribution in [0.25, 0.3) is 0 Å². The minimum absolute atomic E-state index is 0.0217. The second-order valence-electron chi connectivity index (χ2n) is 7.59. The molecule has 1 heterocycles. The molecule has 0 spiro atoms. The number of nitrogens with zero attached hydrogens (tertiary/aromatic N) is 2. The molecule has 9 nitrogen and oxygen atoms in total. The molecule has 0 bridgehead atoms. The molecule has 1 N–H and O–H groups in total. The van der Waals surface area contributed by atoms with Crippen molar-refractivity contribution in [3.8, 4) is 5.75 Å². The smallest absolute Gasteiger partial charge is 0.269 e. The predicted molar refractivity (Wildman–Crippen MR) is 124 cm³/mol. The van der Waals surface area contributed by atoms with E-state index in [4.69, 9.17) is 4.74 Å². The highest BCUT2D eigenvalue weighted by molar-refractivity contribution is 6.23. The molecule has 0 fully saturated rings. The number of non-ortho nitro benzene ring substituents is 1. The molecule has 1 aliphatic heterocycles. The highest BCUT2D eigenvalue weighted by atomic mass is 16.6. The Hall–Kier alpha value is -4.53. The zero-order valence-corrected chi connectivity index (χ0v) is 18.3. The van der Waals surface area contributed by atoms with Crippen LogP contribution in [0.5, 0.6) is 5.75 Å². The Kier molecular flexibility index (Phi) is 6.35. The van der Waals surface area contributed by atoms with Crippen molar-refractivity contribution in [2.24, 2.45) is 0 Å². The third kappa shape index (κ3) is 4.36. The Labute approximate surface area is 195 Å². The minimum atomic E-state index is -1.19. The molecule has 0 saturated carbocycles. The number of hydrogen-bond acceptors (Lipinski definition) is 6. The van der Waals surface area contributed by atoms with Gasteiger partial charge in [-0.15, -0.1) is 0 Å². The molecule has 0 aliphatic carbocycles. The largest absolute Gasteiger partial charge is 0.492 e. The monoisotopic (exact) mass is 459 g/mol. The summed E-state index contributed by atoms with van der Waals surface area (Å²) in [5, 5.41) is 13.8. The van der Waals surface area contributed by atoms with E-state index in [2.05, 4.69) is 5.32 Å². The maximum Gasteiger partial charge on any atom is 0.269 e. The molecule has 34 heavy (non-hydrogen) atoms. The summed E-state index contributed by atoms with van der Waals surface area (Å²) in [5.74, 6) is -1.27. The van der Waals surface area contributed by atoms with Gasteiger partial charge in [-0.3, -0.25) is 29.4 Å². The van der Waals surface area contributed by atoms with Crippen molar-refractivity contribution in [3.05, 3.63) is 99.6 Å². The molecule has 4 rings (SSSR count). The quantitative estimate of drug-likeness (QED) is 0.311. The van der Waals surface area contributed by atoms with Gasteiger partial charge in [-0.1, -0.05) is 36.4 Å². The first-order chi connectivity index (χ1) is 16.4. The molecular formula is C25H21N3O6. The third-order valence-corrected chi connectivity index (χ3v) is 5.46. The Balaban J connectivity index is 1.68. The molecule has 1 aliphatic rings. The van der Waals surface area contributed by atoms with Crippen LogP contribution >= 0.6 is 0 Å². The molecule has 3 aromatic rings. The van der Waals surface area contributed by atoms with Gasteiger partial charge in [-0.05, 0) is 36.8 Å². The Bertz CT molecular complexity index is 1240. The van der Waals surface area contributed by atoms with E-state index in [1.165, 1.54) is 24.3 Å². The van der Waals surface area contributed by atoms with Gasteiger partial charge in [0.1, 0.15) is 11.8 Å². The summed E-state index contributed by atoms with van der Waals surface area (Å²) >= 11 is 0. The zero-order valence-electron chi connectivity index (χ0n) is 18.3. The van der Waals surface area contributed by atoms with Gasteiger partial charge < -0.3 is 10.1 Å². The van der Waals surface area contributed by atoms with Crippen LogP contribution in [0.1, 0.15) is 33.2 Å². The molecule has 3 aromatic carbocycles. The standard InChI is InChI=1S/C25H21N3O6/c1-2-34-22-10-6-5-9-20(22)26-23(29)21(15-16-11-13-17(14-12-16)28(32)33)27-24(30)18-7-3-4-8-19(18)25(27)31/h3-14,21H,2,15H2,1H3,(H,26,29)/t21-/m1/s1. The van der Waals surface area contributed by atoms with Gasteiger partial charge in [0, 0.05) is 18.6 Å². The number of nitro benzene ring substituents is 1. The fraction of sp³-hybridized carbons (Fsp3) is 0.160. The second-order valence-corrected chi connectivity index (χ2v) is 7.59. The van der Waals surface area contributed by atoms with Crippen LogP contribution in [-0.2, 0) is 11.2 Å². The summed E-state index contributed by atoms with van der Waals surface area (Å²) in [6.07, 6.45) is -0.0217. The number of carbonyl (C=O) groups is 3. The molecule has 1 atom stereocenters. The number of para-hydroxylation sites is 2. The fourth-order valence-corrected chi connectivity index (χ4v) is 3.84. The van der Waals surface area contributed by atoms with E-state index in [1.807, 2.05) is 6.92 Å². The number of rotatable bonds is 8. The van der Waals surface area contributed by atoms with Gasteiger partial charge in [0.15, 0.2) is 0 Å². The Morgan fingerprint density at radius 2 is 1.56 bits per heavy atom. The first-order valence-electron chi connectivity index (χ1n) is 10.6. The SMILES string of the molecule is CCOc1ccccc1NC(=O)[C@@H](Cc1ccc([N+](=O)[O-])cc1)N1C(=O)c2ccccc2C1=O. The van der Waals surface area contributed by atoms with Crippen molar-refractivity contribution < 1.29 is 24.0 Å². The lowest BCUT2D eigenvalue weighted by molar-refractivity contribution is -0.384. The number of anilines is 1. The lowest BCUT2D eigenvalue weighted by atomic mass is 10.0. The maximum absolute atomic E-state index is 13.5. The number of fused-ring (bicyclic) bond motifs is 1. The van der Waals surface area contributed by atoms with Gasteiger partial charge >= 0.3 is 0 Å². The number of imide groups is 1. The van der Waals surface area contributed by atoms with Crippen LogP contribution in [0, 0.1) is 10.1 Å². The van der Waals surface area contributed by atoms with E-state index in [1.54, 1.807) is 48.5 Å². The van der Waals surface area contributed by atoms with Gasteiger partial charge in [-0.2, -0.15) is 0 Å². The molecule has 0 unspecified atom stereocenters. The molecule has 0 aromatic heterocycles. The molecule has 172 valence electrons. The molecule has 0 saturated heterocycles. The normalized spacial score (nSPS) is 13.4. The van der Waals surface area contributed by atoms with Gasteiger partial charge in [0.05, 0.1) is 28.3 Å². The minimum Gasteiger partial charge on any atom is -0.492 e. The van der Waals surface area contributed by atoms with Crippen molar-refractivity contribution in [2.45, 2.75) is 19.4 Å². The zero-order chi connectivity index (χ0) is 24.2. The number of amides is 3. The summed E-state index contributed by atoms with van der Waals surface area (Å²) in [7, 11) is 0. The molecule has 0 radical (unpaired) electrons. The predicted octanol–water partition coefficient (Wildman–Crippen LogP) is 3.84. The molecule has 3 amide bonds. The number of ether oxygens (including phenoxy) is 1. The number of benzene rings is 3. The highest BCUT2D eigenvalue weighted by Crippen LogP contribution is 2.29. The summed E-state index contributed by atoms with van der Waals surface area (Å²) in [5.41, 5.74) is 1.31. The van der Waals surface area contributed by atoms with Crippen molar-refractivity contribution in [1.82, 2.24) is 4.90 Å². The Morgan fingerprint density at radius 3 is 2.15 bits per heavy atom. The number of nitro groups is 1. The van der Waals surface area contributed by atoms with Gasteiger partial charge in [0.2, 0.25) is 5.91 Å². The lowest BCUT2D eigenvalue weighted by Crippen LogP contribution is -2.48. The fourth-order valence-electron chi connectivity index (χ4n) is 3.84. The number of carbonyl (C=O) groups excluding carboxylic acids is 3. The van der Waals surface area contributed by atoms with Crippen LogP contribution < -0.4 is 10.1 Å². The first kappa shape index (κ1) is 22.7. The Morgan fingerprint density at radius 1 is 0.971 bits per heavy atom. The lowest BCUT2D eigenvalue weighted by Gasteiger charge is -2.26. The van der Waals surface area contributed by atoms with E-state index in [9.17, 15) is 24.5 Å². The average molecular weight is 459 g/mol. The van der Waals surface area contributed by atoms with Crippen molar-refractivity contribution in [3.63, 3.8) is 0 Å². The van der Waals surface area contributed by atoms with Crippen molar-refractivity contribution >= 4 is 29.1 Å². The highest BCUT2D eigenvalue weighted by Gasteiger charge is 2.42. The summed E-state index contributed by atoms with van der Waals surface area (Å²) in [6, 6.07) is 17.7. The van der Waals surface area contributed by atoms with E-state index in [0.29, 0.717) is 23.6 Å². The number of nitrogens with one attached hydrogen (secondary N) is 1. The van der Waals surface area contributed by atoms with Gasteiger partial charge in [-0.25, -0.2) is 0 Å². The van der Waals surface area contributed by atoms with Crippen LogP contribution in [0.2, 0.25) is 0 Å². The van der Waals surface area contributed by atoms with Crippen molar-refractivity contribution in [2.75, 3.05) is 11.9 Å². The van der Waals surface area contributed by atoms with Crippen LogP contribution in [0.3, 0.4) is 0 Å². The molecule has 9 heteroatoms. The third-order valence-electron chi connectivity index (χ3n) is 5.46. The van der Waals surface area contributed by atoms with Crippen molar-refractivity contribution in [1.29, 1.82) is 0 Å². The van der Waals surface area contributed by atoms with Crippen LogP contribution in [0.4, 0.5) is 11.4 Å². The average Bonchev–Trinajstić information content (AvgIpc) is 3.09. The summed E-state index contributed by atoms with van der Waals surface area (Å²) < 4.78 is 5.56. The summed E-state index contributed by atoms with van der Waals surface area (Å²) in [6.45, 7) is 2.20. The number of hydrogen-bond donors (Lipinski definition) is 1. The topological polar surface area (TPSA) is 119 Å². The van der Waals surface area contributed by atoms with E-state index in [0.717, 1.165) is 4.90 Å². The van der Waals surface area contributed by atoms with E-state index in [-0.39, 0.29) is 23.2 Å². The van der Waals surface area contributed by atoms with Crippen LogP contribution in [0.15, 0.2) is 72.8 Å². The van der Waals surface area contributed by atoms with Gasteiger partial charge in [0.25, 0.3) is 17.5 Å². The maximum atomic E-state index is 13.5. The van der Waals surface area contributed by atoms with E-state index < -0.39 is 28.7 Å². The second kappa shape index (κ2) is 9.53. The summed E-state index contributed by atoms with van der Waals surface area (Å²) in [4.78, 5) is 51.1.